The van der Waals surface area contributed by atoms with Gasteiger partial charge in [0.15, 0.2) is 0 Å². The minimum atomic E-state index is -0.172. The fraction of sp³-hybridized carbons (Fsp3) is 0.857. The zero-order valence-corrected chi connectivity index (χ0v) is 11.8. The first kappa shape index (κ1) is 14.3. The van der Waals surface area contributed by atoms with E-state index in [1.807, 2.05) is 0 Å². The predicted octanol–water partition coefficient (Wildman–Crippen LogP) is 1.03. The number of unbranched alkanes of at least 4 members (excludes halogenated alkanes) is 2. The minimum Gasteiger partial charge on any atom is -0.385 e. The van der Waals surface area contributed by atoms with Crippen LogP contribution in [0.1, 0.15) is 38.5 Å². The molecule has 2 saturated heterocycles. The standard InChI is InChI=1S/C14H24N2O3/c1-19-10-6-2-4-8-15-11-13(17)16-9-5-3-7-12(16)14(15)18/h12H,2-11H2,1H3. The number of ether oxygens (including phenoxy) is 1. The first-order valence-electron chi connectivity index (χ1n) is 7.31. The number of hydrogen-bond donors (Lipinski definition) is 0. The van der Waals surface area contributed by atoms with Crippen LogP contribution in [0.15, 0.2) is 0 Å². The Balaban J connectivity index is 1.81. The summed E-state index contributed by atoms with van der Waals surface area (Å²) in [6.45, 7) is 2.51. The topological polar surface area (TPSA) is 49.9 Å². The Kier molecular flexibility index (Phi) is 5.19. The third-order valence-corrected chi connectivity index (χ3v) is 4.02. The number of carbonyl (C=O) groups excluding carboxylic acids is 2. The molecule has 0 aromatic heterocycles. The van der Waals surface area contributed by atoms with Gasteiger partial charge in [0.1, 0.15) is 6.04 Å². The van der Waals surface area contributed by atoms with Gasteiger partial charge in [-0.15, -0.1) is 0 Å². The minimum absolute atomic E-state index is 0.126. The molecule has 2 aliphatic rings. The lowest BCUT2D eigenvalue weighted by atomic mass is 9.98. The van der Waals surface area contributed by atoms with Gasteiger partial charge >= 0.3 is 0 Å². The van der Waals surface area contributed by atoms with Crippen LogP contribution in [0.2, 0.25) is 0 Å². The summed E-state index contributed by atoms with van der Waals surface area (Å²) in [5, 5.41) is 0. The van der Waals surface area contributed by atoms with Crippen molar-refractivity contribution in [2.24, 2.45) is 0 Å². The first-order chi connectivity index (χ1) is 9.24. The van der Waals surface area contributed by atoms with E-state index in [-0.39, 0.29) is 24.4 Å². The third kappa shape index (κ3) is 3.47. The van der Waals surface area contributed by atoms with Crippen LogP contribution in [0.3, 0.4) is 0 Å². The highest BCUT2D eigenvalue weighted by Crippen LogP contribution is 2.23. The van der Waals surface area contributed by atoms with E-state index < -0.39 is 0 Å². The monoisotopic (exact) mass is 268 g/mol. The zero-order valence-electron chi connectivity index (χ0n) is 11.8. The van der Waals surface area contributed by atoms with Crippen molar-refractivity contribution >= 4 is 11.8 Å². The van der Waals surface area contributed by atoms with E-state index in [1.54, 1.807) is 16.9 Å². The molecular formula is C14H24N2O3. The molecule has 2 rings (SSSR count). The molecule has 0 spiro atoms. The lowest BCUT2D eigenvalue weighted by molar-refractivity contribution is -0.157. The Morgan fingerprint density at radius 1 is 1.21 bits per heavy atom. The second-order valence-electron chi connectivity index (χ2n) is 5.41. The van der Waals surface area contributed by atoms with Crippen molar-refractivity contribution in [3.05, 3.63) is 0 Å². The van der Waals surface area contributed by atoms with Crippen molar-refractivity contribution < 1.29 is 14.3 Å². The van der Waals surface area contributed by atoms with E-state index >= 15 is 0 Å². The number of rotatable bonds is 6. The van der Waals surface area contributed by atoms with E-state index in [0.29, 0.717) is 6.54 Å². The molecule has 1 unspecified atom stereocenters. The number of carbonyl (C=O) groups is 2. The van der Waals surface area contributed by atoms with Crippen LogP contribution in [0.25, 0.3) is 0 Å². The number of hydrogen-bond acceptors (Lipinski definition) is 3. The molecule has 2 heterocycles. The summed E-state index contributed by atoms with van der Waals surface area (Å²) in [5.74, 6) is 0.284. The van der Waals surface area contributed by atoms with Crippen LogP contribution >= 0.6 is 0 Å². The lowest BCUT2D eigenvalue weighted by Gasteiger charge is -2.42. The number of amides is 2. The van der Waals surface area contributed by atoms with Gasteiger partial charge in [0.2, 0.25) is 11.8 Å². The normalized spacial score (nSPS) is 23.7. The molecule has 0 aromatic carbocycles. The van der Waals surface area contributed by atoms with Gasteiger partial charge in [-0.1, -0.05) is 0 Å². The van der Waals surface area contributed by atoms with Gasteiger partial charge in [0, 0.05) is 26.8 Å². The number of nitrogens with zero attached hydrogens (tertiary/aromatic N) is 2. The number of fused-ring (bicyclic) bond motifs is 1. The molecule has 5 heteroatoms. The van der Waals surface area contributed by atoms with Crippen LogP contribution in [-0.4, -0.2) is 61.0 Å². The van der Waals surface area contributed by atoms with Gasteiger partial charge < -0.3 is 14.5 Å². The van der Waals surface area contributed by atoms with Crippen molar-refractivity contribution in [1.82, 2.24) is 9.80 Å². The Bertz CT molecular complexity index is 333. The van der Waals surface area contributed by atoms with Gasteiger partial charge in [-0.3, -0.25) is 9.59 Å². The molecule has 1 atom stereocenters. The Labute approximate surface area is 114 Å². The summed E-state index contributed by atoms with van der Waals surface area (Å²) in [7, 11) is 1.70. The molecule has 0 bridgehead atoms. The highest BCUT2D eigenvalue weighted by atomic mass is 16.5. The zero-order chi connectivity index (χ0) is 13.7. The molecule has 0 radical (unpaired) electrons. The fourth-order valence-electron chi connectivity index (χ4n) is 2.94. The van der Waals surface area contributed by atoms with Crippen molar-refractivity contribution in [2.45, 2.75) is 44.6 Å². The van der Waals surface area contributed by atoms with Gasteiger partial charge in [0.25, 0.3) is 0 Å². The quantitative estimate of drug-likeness (QED) is 0.676. The maximum Gasteiger partial charge on any atom is 0.245 e. The Morgan fingerprint density at radius 2 is 2.05 bits per heavy atom. The summed E-state index contributed by atoms with van der Waals surface area (Å²) < 4.78 is 5.00. The molecule has 0 N–H and O–H groups in total. The van der Waals surface area contributed by atoms with E-state index in [9.17, 15) is 9.59 Å². The number of piperazine rings is 1. The maximum atomic E-state index is 12.3. The van der Waals surface area contributed by atoms with Crippen LogP contribution in [0.4, 0.5) is 0 Å². The average molecular weight is 268 g/mol. The van der Waals surface area contributed by atoms with Crippen LogP contribution in [0, 0.1) is 0 Å². The smallest absolute Gasteiger partial charge is 0.245 e. The summed E-state index contributed by atoms with van der Waals surface area (Å²) in [4.78, 5) is 27.9. The van der Waals surface area contributed by atoms with Crippen molar-refractivity contribution in [3.8, 4) is 0 Å². The fourth-order valence-corrected chi connectivity index (χ4v) is 2.94. The van der Waals surface area contributed by atoms with Crippen molar-refractivity contribution in [1.29, 1.82) is 0 Å². The number of piperidine rings is 1. The number of methoxy groups -OCH3 is 1. The highest BCUT2D eigenvalue weighted by Gasteiger charge is 2.39. The first-order valence-corrected chi connectivity index (χ1v) is 7.31. The summed E-state index contributed by atoms with van der Waals surface area (Å²) in [6.07, 6.45) is 5.94. The summed E-state index contributed by atoms with van der Waals surface area (Å²) in [5.41, 5.74) is 0. The Hall–Kier alpha value is -1.10. The molecule has 5 nitrogen and oxygen atoms in total. The lowest BCUT2D eigenvalue weighted by Crippen LogP contribution is -2.61. The summed E-state index contributed by atoms with van der Waals surface area (Å²) >= 11 is 0. The predicted molar refractivity (Wildman–Crippen MR) is 71.7 cm³/mol. The largest absolute Gasteiger partial charge is 0.385 e. The van der Waals surface area contributed by atoms with Crippen molar-refractivity contribution in [3.63, 3.8) is 0 Å². The maximum absolute atomic E-state index is 12.3. The molecule has 2 aliphatic heterocycles. The van der Waals surface area contributed by atoms with Gasteiger partial charge in [-0.25, -0.2) is 0 Å². The molecule has 108 valence electrons. The van der Waals surface area contributed by atoms with E-state index in [1.165, 1.54) is 0 Å². The molecule has 2 amide bonds. The second-order valence-corrected chi connectivity index (χ2v) is 5.41. The van der Waals surface area contributed by atoms with Crippen molar-refractivity contribution in [2.75, 3.05) is 33.4 Å². The van der Waals surface area contributed by atoms with Gasteiger partial charge in [-0.2, -0.15) is 0 Å². The molecule has 0 aliphatic carbocycles. The van der Waals surface area contributed by atoms with Gasteiger partial charge in [0.05, 0.1) is 6.54 Å². The van der Waals surface area contributed by atoms with Crippen LogP contribution < -0.4 is 0 Å². The highest BCUT2D eigenvalue weighted by molar-refractivity contribution is 5.95. The van der Waals surface area contributed by atoms with Gasteiger partial charge in [-0.05, 0) is 38.5 Å². The summed E-state index contributed by atoms with van der Waals surface area (Å²) in [6, 6.07) is -0.172. The second kappa shape index (κ2) is 6.89. The Morgan fingerprint density at radius 3 is 2.84 bits per heavy atom. The SMILES string of the molecule is COCCCCCN1CC(=O)N2CCCCC2C1=O. The third-order valence-electron chi connectivity index (χ3n) is 4.02. The van der Waals surface area contributed by atoms with E-state index in [4.69, 9.17) is 4.74 Å². The molecule has 0 saturated carbocycles. The van der Waals surface area contributed by atoms with E-state index in [2.05, 4.69) is 0 Å². The molecule has 2 fully saturated rings. The molecule has 19 heavy (non-hydrogen) atoms. The molecule has 0 aromatic rings. The van der Waals surface area contributed by atoms with Crippen LogP contribution in [-0.2, 0) is 14.3 Å². The molecular weight excluding hydrogens is 244 g/mol. The average Bonchev–Trinajstić information content (AvgIpc) is 2.44. The van der Waals surface area contributed by atoms with Crippen LogP contribution in [0.5, 0.6) is 0 Å². The van der Waals surface area contributed by atoms with E-state index in [0.717, 1.165) is 51.7 Å².